The summed E-state index contributed by atoms with van der Waals surface area (Å²) in [6, 6.07) is 8.17. The number of hydrogen-bond donors (Lipinski definition) is 1. The van der Waals surface area contributed by atoms with Crippen LogP contribution in [0.5, 0.6) is 0 Å². The molecule has 84 valence electrons. The smallest absolute Gasteiger partial charge is 0.169 e. The number of hydrogen-bond acceptors (Lipinski definition) is 3. The zero-order valence-corrected chi connectivity index (χ0v) is 10.8. The number of rotatable bonds is 3. The summed E-state index contributed by atoms with van der Waals surface area (Å²) in [7, 11) is 0. The third-order valence-electron chi connectivity index (χ3n) is 2.34. The Morgan fingerprint density at radius 2 is 2.12 bits per heavy atom. The van der Waals surface area contributed by atoms with Gasteiger partial charge in [-0.3, -0.25) is 0 Å². The average Bonchev–Trinajstić information content (AvgIpc) is 2.66. The highest BCUT2D eigenvalue weighted by Crippen LogP contribution is 2.18. The van der Waals surface area contributed by atoms with Crippen molar-refractivity contribution < 1.29 is 4.52 Å². The predicted molar refractivity (Wildman–Crippen MR) is 67.4 cm³/mol. The van der Waals surface area contributed by atoms with Crippen LogP contribution in [0.4, 0.5) is 5.82 Å². The lowest BCUT2D eigenvalue weighted by Crippen LogP contribution is -1.99. The number of nitrogens with one attached hydrogen (secondary N) is 1. The summed E-state index contributed by atoms with van der Waals surface area (Å²) in [4.78, 5) is 0. The standard InChI is InChI=1S/C12H13BrN2O/c1-8-3-4-10(6-11(8)13)7-14-12-5-9(2)16-15-12/h3-6H,7H2,1-2H3,(H,14,15). The van der Waals surface area contributed by atoms with Gasteiger partial charge >= 0.3 is 0 Å². The SMILES string of the molecule is Cc1cc(NCc2ccc(C)c(Br)c2)no1. The van der Waals surface area contributed by atoms with Gasteiger partial charge < -0.3 is 9.84 Å². The van der Waals surface area contributed by atoms with E-state index in [0.29, 0.717) is 0 Å². The molecule has 2 aromatic rings. The third kappa shape index (κ3) is 2.64. The van der Waals surface area contributed by atoms with E-state index in [0.717, 1.165) is 22.6 Å². The molecule has 1 heterocycles. The zero-order chi connectivity index (χ0) is 11.5. The molecule has 0 unspecified atom stereocenters. The van der Waals surface area contributed by atoms with Crippen LogP contribution < -0.4 is 5.32 Å². The second kappa shape index (κ2) is 4.70. The molecule has 0 saturated carbocycles. The number of aromatic nitrogens is 1. The Kier molecular flexibility index (Phi) is 3.29. The van der Waals surface area contributed by atoms with Crippen molar-refractivity contribution in [3.05, 3.63) is 45.6 Å². The van der Waals surface area contributed by atoms with Crippen molar-refractivity contribution in [2.24, 2.45) is 0 Å². The van der Waals surface area contributed by atoms with Gasteiger partial charge in [-0.25, -0.2) is 0 Å². The van der Waals surface area contributed by atoms with Crippen LogP contribution in [0.3, 0.4) is 0 Å². The summed E-state index contributed by atoms with van der Waals surface area (Å²) in [5.41, 5.74) is 2.44. The number of benzene rings is 1. The van der Waals surface area contributed by atoms with Gasteiger partial charge in [-0.05, 0) is 31.0 Å². The zero-order valence-electron chi connectivity index (χ0n) is 9.25. The monoisotopic (exact) mass is 280 g/mol. The van der Waals surface area contributed by atoms with E-state index in [2.05, 4.69) is 51.5 Å². The van der Waals surface area contributed by atoms with E-state index < -0.39 is 0 Å². The van der Waals surface area contributed by atoms with Gasteiger partial charge in [0.25, 0.3) is 0 Å². The molecular formula is C12H13BrN2O. The molecule has 0 amide bonds. The van der Waals surface area contributed by atoms with Crippen LogP contribution >= 0.6 is 15.9 Å². The van der Waals surface area contributed by atoms with Gasteiger partial charge in [0.1, 0.15) is 5.76 Å². The minimum absolute atomic E-state index is 0.741. The van der Waals surface area contributed by atoms with Crippen molar-refractivity contribution in [1.82, 2.24) is 5.16 Å². The molecule has 1 aromatic heterocycles. The van der Waals surface area contributed by atoms with Crippen LogP contribution in [0.25, 0.3) is 0 Å². The second-order valence-electron chi connectivity index (χ2n) is 3.76. The Morgan fingerprint density at radius 1 is 1.31 bits per heavy atom. The molecule has 4 heteroatoms. The highest BCUT2D eigenvalue weighted by Gasteiger charge is 2.01. The molecule has 0 spiro atoms. The lowest BCUT2D eigenvalue weighted by molar-refractivity contribution is 0.399. The van der Waals surface area contributed by atoms with Gasteiger partial charge in [-0.1, -0.05) is 33.2 Å². The van der Waals surface area contributed by atoms with Crippen molar-refractivity contribution in [3.8, 4) is 0 Å². The predicted octanol–water partition coefficient (Wildman–Crippen LogP) is 3.67. The van der Waals surface area contributed by atoms with Crippen molar-refractivity contribution in [1.29, 1.82) is 0 Å². The highest BCUT2D eigenvalue weighted by atomic mass is 79.9. The quantitative estimate of drug-likeness (QED) is 0.932. The molecule has 2 rings (SSSR count). The van der Waals surface area contributed by atoms with E-state index in [1.54, 1.807) is 0 Å². The number of anilines is 1. The number of halogens is 1. The van der Waals surface area contributed by atoms with Crippen molar-refractivity contribution >= 4 is 21.7 Å². The molecule has 0 aliphatic carbocycles. The Bertz CT molecular complexity index is 494. The fourth-order valence-electron chi connectivity index (χ4n) is 1.39. The van der Waals surface area contributed by atoms with Crippen LogP contribution in [-0.2, 0) is 6.54 Å². The topological polar surface area (TPSA) is 38.1 Å². The molecule has 3 nitrogen and oxygen atoms in total. The molecule has 0 atom stereocenters. The van der Waals surface area contributed by atoms with Gasteiger partial charge in [0.2, 0.25) is 0 Å². The Hall–Kier alpha value is -1.29. The van der Waals surface area contributed by atoms with Crippen LogP contribution in [0.15, 0.2) is 33.3 Å². The highest BCUT2D eigenvalue weighted by molar-refractivity contribution is 9.10. The Morgan fingerprint density at radius 3 is 2.75 bits per heavy atom. The van der Waals surface area contributed by atoms with E-state index in [1.807, 2.05) is 13.0 Å². The van der Waals surface area contributed by atoms with Gasteiger partial charge in [0.15, 0.2) is 5.82 Å². The minimum atomic E-state index is 0.741. The maximum Gasteiger partial charge on any atom is 0.169 e. The fourth-order valence-corrected chi connectivity index (χ4v) is 1.81. The van der Waals surface area contributed by atoms with E-state index in [1.165, 1.54) is 11.1 Å². The first kappa shape index (κ1) is 11.2. The van der Waals surface area contributed by atoms with Crippen molar-refractivity contribution in [2.75, 3.05) is 5.32 Å². The molecule has 16 heavy (non-hydrogen) atoms. The lowest BCUT2D eigenvalue weighted by atomic mass is 10.1. The first-order valence-corrected chi connectivity index (χ1v) is 5.86. The molecule has 1 N–H and O–H groups in total. The molecule has 0 aliphatic heterocycles. The van der Waals surface area contributed by atoms with E-state index >= 15 is 0 Å². The summed E-state index contributed by atoms with van der Waals surface area (Å²) in [5.74, 6) is 1.58. The number of aryl methyl sites for hydroxylation is 2. The van der Waals surface area contributed by atoms with Crippen LogP contribution in [-0.4, -0.2) is 5.16 Å². The first-order chi connectivity index (χ1) is 7.65. The van der Waals surface area contributed by atoms with Crippen LogP contribution in [0.2, 0.25) is 0 Å². The maximum absolute atomic E-state index is 4.97. The van der Waals surface area contributed by atoms with Gasteiger partial charge in [0, 0.05) is 17.1 Å². The van der Waals surface area contributed by atoms with Crippen LogP contribution in [0.1, 0.15) is 16.9 Å². The van der Waals surface area contributed by atoms with Gasteiger partial charge in [0.05, 0.1) is 0 Å². The van der Waals surface area contributed by atoms with Gasteiger partial charge in [-0.15, -0.1) is 0 Å². The second-order valence-corrected chi connectivity index (χ2v) is 4.61. The summed E-state index contributed by atoms with van der Waals surface area (Å²) in [6.45, 7) is 4.69. The molecule has 0 bridgehead atoms. The molecular weight excluding hydrogens is 268 g/mol. The largest absolute Gasteiger partial charge is 0.363 e. The summed E-state index contributed by atoms with van der Waals surface area (Å²) >= 11 is 3.51. The van der Waals surface area contributed by atoms with E-state index in [-0.39, 0.29) is 0 Å². The van der Waals surface area contributed by atoms with E-state index in [9.17, 15) is 0 Å². The first-order valence-electron chi connectivity index (χ1n) is 5.07. The fraction of sp³-hybridized carbons (Fsp3) is 0.250. The maximum atomic E-state index is 4.97. The normalized spacial score (nSPS) is 10.4. The molecule has 0 saturated heterocycles. The molecule has 0 radical (unpaired) electrons. The number of nitrogens with zero attached hydrogens (tertiary/aromatic N) is 1. The Balaban J connectivity index is 2.02. The summed E-state index contributed by atoms with van der Waals surface area (Å²) in [5, 5.41) is 7.08. The third-order valence-corrected chi connectivity index (χ3v) is 3.19. The molecule has 1 aromatic carbocycles. The minimum Gasteiger partial charge on any atom is -0.363 e. The lowest BCUT2D eigenvalue weighted by Gasteiger charge is -2.04. The Labute approximate surface area is 103 Å². The van der Waals surface area contributed by atoms with Crippen LogP contribution in [0, 0.1) is 13.8 Å². The van der Waals surface area contributed by atoms with Gasteiger partial charge in [-0.2, -0.15) is 0 Å². The summed E-state index contributed by atoms with van der Waals surface area (Å²) in [6.07, 6.45) is 0. The van der Waals surface area contributed by atoms with Crippen molar-refractivity contribution in [3.63, 3.8) is 0 Å². The average molecular weight is 281 g/mol. The molecule has 0 aliphatic rings. The molecule has 0 fully saturated rings. The summed E-state index contributed by atoms with van der Waals surface area (Å²) < 4.78 is 6.10. The van der Waals surface area contributed by atoms with E-state index in [4.69, 9.17) is 4.52 Å². The van der Waals surface area contributed by atoms with Crippen molar-refractivity contribution in [2.45, 2.75) is 20.4 Å².